The molecule has 6 heteroatoms. The summed E-state index contributed by atoms with van der Waals surface area (Å²) in [6.45, 7) is 0. The van der Waals surface area contributed by atoms with Gasteiger partial charge in [0.2, 0.25) is 0 Å². The fourth-order valence-electron chi connectivity index (χ4n) is 2.90. The van der Waals surface area contributed by atoms with Crippen molar-refractivity contribution < 1.29 is 13.2 Å². The van der Waals surface area contributed by atoms with Crippen LogP contribution in [0.1, 0.15) is 28.3 Å². The van der Waals surface area contributed by atoms with E-state index in [1.54, 1.807) is 12.1 Å². The fourth-order valence-corrected chi connectivity index (χ4v) is 3.03. The van der Waals surface area contributed by atoms with Crippen LogP contribution < -0.4 is 0 Å². The minimum Gasteiger partial charge on any atom is -0.265 e. The standard InChI is InChI=1S/C23H16ClF3N2/c24-20-12-8-17(9-13-20)21(14-16-4-2-1-3-5-16)29-22(15-28)18-6-10-19(11-7-18)23(25,26)27/h1-13,21H,14H2/t21-/m1/s1. The Bertz CT molecular complexity index is 1020. The van der Waals surface area contributed by atoms with Gasteiger partial charge in [-0.1, -0.05) is 66.2 Å². The molecule has 29 heavy (non-hydrogen) atoms. The molecule has 2 nitrogen and oxygen atoms in total. The van der Waals surface area contributed by atoms with Gasteiger partial charge in [0, 0.05) is 10.6 Å². The van der Waals surface area contributed by atoms with Crippen LogP contribution in [0.2, 0.25) is 5.02 Å². The monoisotopic (exact) mass is 412 g/mol. The van der Waals surface area contributed by atoms with Gasteiger partial charge >= 0.3 is 6.18 Å². The summed E-state index contributed by atoms with van der Waals surface area (Å²) < 4.78 is 38.4. The molecule has 0 N–H and O–H groups in total. The third-order valence-corrected chi connectivity index (χ3v) is 4.66. The minimum absolute atomic E-state index is 0.0783. The number of hydrogen-bond acceptors (Lipinski definition) is 2. The van der Waals surface area contributed by atoms with Crippen LogP contribution in [0.25, 0.3) is 0 Å². The van der Waals surface area contributed by atoms with E-state index in [1.807, 2.05) is 48.5 Å². The Morgan fingerprint density at radius 3 is 2.10 bits per heavy atom. The van der Waals surface area contributed by atoms with Gasteiger partial charge in [0.1, 0.15) is 11.8 Å². The molecule has 3 aromatic rings. The molecule has 0 spiro atoms. The fraction of sp³-hybridized carbons (Fsp3) is 0.130. The van der Waals surface area contributed by atoms with Crippen molar-refractivity contribution in [3.8, 4) is 6.07 Å². The van der Waals surface area contributed by atoms with Gasteiger partial charge in [-0.2, -0.15) is 18.4 Å². The topological polar surface area (TPSA) is 36.1 Å². The molecule has 0 saturated heterocycles. The van der Waals surface area contributed by atoms with Gasteiger partial charge in [0.15, 0.2) is 0 Å². The van der Waals surface area contributed by atoms with Crippen molar-refractivity contribution in [1.82, 2.24) is 0 Å². The summed E-state index contributed by atoms with van der Waals surface area (Å²) in [5, 5.41) is 10.2. The number of rotatable bonds is 5. The third-order valence-electron chi connectivity index (χ3n) is 4.40. The Kier molecular flexibility index (Phi) is 6.36. The molecular formula is C23H16ClF3N2. The quantitative estimate of drug-likeness (QED) is 0.432. The summed E-state index contributed by atoms with van der Waals surface area (Å²) in [5.74, 6) is 0. The number of aliphatic imine (C=N–C) groups is 1. The van der Waals surface area contributed by atoms with E-state index in [0.717, 1.165) is 23.3 Å². The molecule has 1 atom stereocenters. The molecule has 146 valence electrons. The van der Waals surface area contributed by atoms with Crippen LogP contribution in [0.3, 0.4) is 0 Å². The summed E-state index contributed by atoms with van der Waals surface area (Å²) in [7, 11) is 0. The predicted octanol–water partition coefficient (Wildman–Crippen LogP) is 6.66. The molecule has 0 aliphatic heterocycles. The minimum atomic E-state index is -4.43. The van der Waals surface area contributed by atoms with Gasteiger partial charge in [-0.3, -0.25) is 4.99 Å². The molecule has 0 saturated carbocycles. The maximum Gasteiger partial charge on any atom is 0.416 e. The van der Waals surface area contributed by atoms with Crippen LogP contribution in [-0.2, 0) is 12.6 Å². The number of nitrogens with zero attached hydrogens (tertiary/aromatic N) is 2. The van der Waals surface area contributed by atoms with Crippen LogP contribution in [0.15, 0.2) is 83.9 Å². The molecule has 3 rings (SSSR count). The average molecular weight is 413 g/mol. The SMILES string of the molecule is N#CC(=N[C@H](Cc1ccccc1)c1ccc(Cl)cc1)c1ccc(C(F)(F)F)cc1. The van der Waals surface area contributed by atoms with E-state index in [9.17, 15) is 18.4 Å². The maximum absolute atomic E-state index is 12.8. The second-order valence-corrected chi connectivity index (χ2v) is 6.86. The van der Waals surface area contributed by atoms with E-state index in [0.29, 0.717) is 17.0 Å². The second-order valence-electron chi connectivity index (χ2n) is 6.42. The summed E-state index contributed by atoms with van der Waals surface area (Å²) in [6, 6.07) is 22.9. The van der Waals surface area contributed by atoms with E-state index in [1.165, 1.54) is 12.1 Å². The molecule has 0 aliphatic carbocycles. The largest absolute Gasteiger partial charge is 0.416 e. The average Bonchev–Trinajstić information content (AvgIpc) is 2.72. The smallest absolute Gasteiger partial charge is 0.265 e. The second kappa shape index (κ2) is 8.93. The lowest BCUT2D eigenvalue weighted by atomic mass is 9.98. The number of alkyl halides is 3. The van der Waals surface area contributed by atoms with Gasteiger partial charge < -0.3 is 0 Å². The summed E-state index contributed by atoms with van der Waals surface area (Å²) in [4.78, 5) is 4.58. The van der Waals surface area contributed by atoms with Crippen LogP contribution in [0, 0.1) is 11.3 Å². The highest BCUT2D eigenvalue weighted by atomic mass is 35.5. The van der Waals surface area contributed by atoms with Gasteiger partial charge in [-0.15, -0.1) is 0 Å². The number of hydrogen-bond donors (Lipinski definition) is 0. The predicted molar refractivity (Wildman–Crippen MR) is 108 cm³/mol. The molecule has 0 aliphatic rings. The Morgan fingerprint density at radius 1 is 0.931 bits per heavy atom. The van der Waals surface area contributed by atoms with Gasteiger partial charge in [0.25, 0.3) is 0 Å². The van der Waals surface area contributed by atoms with Crippen LogP contribution >= 0.6 is 11.6 Å². The summed E-state index contributed by atoms with van der Waals surface area (Å²) >= 11 is 5.98. The zero-order valence-corrected chi connectivity index (χ0v) is 16.0. The zero-order chi connectivity index (χ0) is 20.9. The highest BCUT2D eigenvalue weighted by Gasteiger charge is 2.30. The first kappa shape index (κ1) is 20.6. The van der Waals surface area contributed by atoms with Crippen molar-refractivity contribution in [1.29, 1.82) is 5.26 Å². The third kappa shape index (κ3) is 5.46. The number of nitriles is 1. The Balaban J connectivity index is 1.98. The lowest BCUT2D eigenvalue weighted by molar-refractivity contribution is -0.137. The first-order chi connectivity index (χ1) is 13.9. The summed E-state index contributed by atoms with van der Waals surface area (Å²) in [5.41, 5.74) is 1.54. The van der Waals surface area contributed by atoms with Gasteiger partial charge in [-0.25, -0.2) is 0 Å². The first-order valence-corrected chi connectivity index (χ1v) is 9.19. The molecule has 0 radical (unpaired) electrons. The normalized spacial score (nSPS) is 13.0. The van der Waals surface area contributed by atoms with Crippen LogP contribution in [0.5, 0.6) is 0 Å². The van der Waals surface area contributed by atoms with Crippen molar-refractivity contribution >= 4 is 17.3 Å². The lowest BCUT2D eigenvalue weighted by Crippen LogP contribution is -2.08. The molecule has 0 amide bonds. The van der Waals surface area contributed by atoms with Crippen LogP contribution in [-0.4, -0.2) is 5.71 Å². The van der Waals surface area contributed by atoms with E-state index in [-0.39, 0.29) is 11.8 Å². The first-order valence-electron chi connectivity index (χ1n) is 8.82. The van der Waals surface area contributed by atoms with E-state index >= 15 is 0 Å². The van der Waals surface area contributed by atoms with E-state index < -0.39 is 11.7 Å². The van der Waals surface area contributed by atoms with Crippen molar-refractivity contribution in [2.75, 3.05) is 0 Å². The molecule has 3 aromatic carbocycles. The molecular weight excluding hydrogens is 397 g/mol. The number of benzene rings is 3. The summed E-state index contributed by atoms with van der Waals surface area (Å²) in [6.07, 6.45) is -3.89. The van der Waals surface area contributed by atoms with E-state index in [2.05, 4.69) is 4.99 Å². The van der Waals surface area contributed by atoms with Crippen molar-refractivity contribution in [2.24, 2.45) is 4.99 Å². The molecule has 0 bridgehead atoms. The van der Waals surface area contributed by atoms with Crippen molar-refractivity contribution in [3.05, 3.63) is 106 Å². The van der Waals surface area contributed by atoms with Gasteiger partial charge in [0.05, 0.1) is 11.6 Å². The Labute approximate surface area is 171 Å². The van der Waals surface area contributed by atoms with Crippen LogP contribution in [0.4, 0.5) is 13.2 Å². The molecule has 0 aromatic heterocycles. The van der Waals surface area contributed by atoms with Gasteiger partial charge in [-0.05, 0) is 41.8 Å². The zero-order valence-electron chi connectivity index (χ0n) is 15.2. The highest BCUT2D eigenvalue weighted by Crippen LogP contribution is 2.30. The van der Waals surface area contributed by atoms with E-state index in [4.69, 9.17) is 11.6 Å². The Hall–Kier alpha value is -3.10. The van der Waals surface area contributed by atoms with Crippen molar-refractivity contribution in [3.63, 3.8) is 0 Å². The van der Waals surface area contributed by atoms with Crippen molar-refractivity contribution in [2.45, 2.75) is 18.6 Å². The highest BCUT2D eigenvalue weighted by molar-refractivity contribution is 6.30. The lowest BCUT2D eigenvalue weighted by Gasteiger charge is -2.15. The molecule has 0 heterocycles. The Morgan fingerprint density at radius 2 is 1.55 bits per heavy atom. The number of halogens is 4. The molecule has 0 fully saturated rings. The molecule has 0 unspecified atom stereocenters. The maximum atomic E-state index is 12.8.